The van der Waals surface area contributed by atoms with Crippen LogP contribution in [-0.4, -0.2) is 22.2 Å². The first kappa shape index (κ1) is 17.8. The molecule has 8 heteroatoms. The van der Waals surface area contributed by atoms with Crippen LogP contribution in [0.5, 0.6) is 0 Å². The summed E-state index contributed by atoms with van der Waals surface area (Å²) in [5.41, 5.74) is 1.05. The lowest BCUT2D eigenvalue weighted by molar-refractivity contribution is -0.121. The van der Waals surface area contributed by atoms with Crippen LogP contribution in [0.1, 0.15) is 6.42 Å². The van der Waals surface area contributed by atoms with E-state index in [9.17, 15) is 9.59 Å². The molecule has 0 aliphatic carbocycles. The molecule has 128 valence electrons. The Labute approximate surface area is 158 Å². The van der Waals surface area contributed by atoms with E-state index >= 15 is 0 Å². The second-order valence-electron chi connectivity index (χ2n) is 5.30. The summed E-state index contributed by atoms with van der Waals surface area (Å²) in [6, 6.07) is 13.7. The van der Waals surface area contributed by atoms with E-state index in [1.807, 2.05) is 6.07 Å². The molecule has 1 heterocycles. The first-order valence-corrected chi connectivity index (χ1v) is 8.98. The molecule has 2 aromatic rings. The third-order valence-corrected chi connectivity index (χ3v) is 5.15. The molecule has 0 bridgehead atoms. The van der Waals surface area contributed by atoms with E-state index in [0.717, 1.165) is 11.8 Å². The summed E-state index contributed by atoms with van der Waals surface area (Å²) >= 11 is 12.9. The third kappa shape index (κ3) is 3.98. The van der Waals surface area contributed by atoms with E-state index in [1.54, 1.807) is 36.4 Å². The second kappa shape index (κ2) is 7.47. The fourth-order valence-electron chi connectivity index (χ4n) is 2.39. The minimum Gasteiger partial charge on any atom is -0.325 e. The normalized spacial score (nSPS) is 17.0. The largest absolute Gasteiger partial charge is 0.325 e. The van der Waals surface area contributed by atoms with Crippen LogP contribution in [0.3, 0.4) is 0 Å². The van der Waals surface area contributed by atoms with Gasteiger partial charge in [0.2, 0.25) is 11.8 Å². The van der Waals surface area contributed by atoms with Gasteiger partial charge in [-0.1, -0.05) is 53.2 Å². The number of nitrogens with zero attached hydrogens (tertiary/aromatic N) is 1. The monoisotopic (exact) mass is 393 g/mol. The molecule has 0 spiro atoms. The van der Waals surface area contributed by atoms with Crippen molar-refractivity contribution in [3.63, 3.8) is 0 Å². The van der Waals surface area contributed by atoms with Crippen molar-refractivity contribution >= 4 is 63.3 Å². The molecule has 2 N–H and O–H groups in total. The first-order chi connectivity index (χ1) is 12.0. The van der Waals surface area contributed by atoms with Crippen molar-refractivity contribution in [1.82, 2.24) is 0 Å². The smallest absolute Gasteiger partial charge is 0.247 e. The summed E-state index contributed by atoms with van der Waals surface area (Å²) in [6.07, 6.45) is -0.0475. The molecule has 0 radical (unpaired) electrons. The molecule has 2 amide bonds. The zero-order chi connectivity index (χ0) is 18.0. The Morgan fingerprint density at radius 3 is 2.60 bits per heavy atom. The maximum absolute atomic E-state index is 12.6. The van der Waals surface area contributed by atoms with Gasteiger partial charge in [-0.15, -0.1) is 0 Å². The highest BCUT2D eigenvalue weighted by molar-refractivity contribution is 8.16. The fourth-order valence-corrected chi connectivity index (χ4v) is 3.86. The maximum Gasteiger partial charge on any atom is 0.247 e. The van der Waals surface area contributed by atoms with E-state index < -0.39 is 5.25 Å². The maximum atomic E-state index is 12.6. The number of hydrogen-bond acceptors (Lipinski definition) is 4. The van der Waals surface area contributed by atoms with Crippen molar-refractivity contribution in [2.45, 2.75) is 11.7 Å². The molecule has 1 unspecified atom stereocenters. The van der Waals surface area contributed by atoms with Gasteiger partial charge in [-0.25, -0.2) is 0 Å². The van der Waals surface area contributed by atoms with Crippen LogP contribution in [-0.2, 0) is 9.59 Å². The lowest BCUT2D eigenvalue weighted by Gasteiger charge is -2.15. The number of hydrogen-bond donors (Lipinski definition) is 2. The lowest BCUT2D eigenvalue weighted by Crippen LogP contribution is -2.33. The molecule has 25 heavy (non-hydrogen) atoms. The highest BCUT2D eigenvalue weighted by Gasteiger charge is 2.39. The number of anilines is 2. The summed E-state index contributed by atoms with van der Waals surface area (Å²) in [5, 5.41) is 11.0. The summed E-state index contributed by atoms with van der Waals surface area (Å²) in [7, 11) is 0. The Morgan fingerprint density at radius 2 is 1.92 bits per heavy atom. The van der Waals surface area contributed by atoms with E-state index in [0.29, 0.717) is 21.4 Å². The Morgan fingerprint density at radius 1 is 1.20 bits per heavy atom. The van der Waals surface area contributed by atoms with Crippen molar-refractivity contribution in [2.24, 2.45) is 0 Å². The van der Waals surface area contributed by atoms with E-state index in [-0.39, 0.29) is 23.4 Å². The lowest BCUT2D eigenvalue weighted by atomic mass is 10.2. The zero-order valence-electron chi connectivity index (χ0n) is 12.8. The number of rotatable bonds is 4. The molecule has 1 aliphatic heterocycles. The molecule has 0 aromatic heterocycles. The Balaban J connectivity index is 1.68. The number of nitrogens with one attached hydrogen (secondary N) is 2. The molecule has 5 nitrogen and oxygen atoms in total. The molecule has 1 saturated heterocycles. The van der Waals surface area contributed by atoms with Crippen LogP contribution in [0.4, 0.5) is 11.4 Å². The zero-order valence-corrected chi connectivity index (χ0v) is 15.2. The fraction of sp³-hybridized carbons (Fsp3) is 0.118. The van der Waals surface area contributed by atoms with Gasteiger partial charge in [0.1, 0.15) is 5.25 Å². The predicted molar refractivity (Wildman–Crippen MR) is 103 cm³/mol. The van der Waals surface area contributed by atoms with Gasteiger partial charge >= 0.3 is 0 Å². The van der Waals surface area contributed by atoms with Crippen molar-refractivity contribution in [1.29, 1.82) is 5.41 Å². The van der Waals surface area contributed by atoms with Gasteiger partial charge in [0.25, 0.3) is 0 Å². The highest BCUT2D eigenvalue weighted by atomic mass is 35.5. The Hall–Kier alpha value is -2.02. The van der Waals surface area contributed by atoms with Gasteiger partial charge in [-0.3, -0.25) is 19.9 Å². The van der Waals surface area contributed by atoms with Crippen LogP contribution in [0.15, 0.2) is 48.5 Å². The van der Waals surface area contributed by atoms with Crippen molar-refractivity contribution in [3.05, 3.63) is 58.6 Å². The summed E-state index contributed by atoms with van der Waals surface area (Å²) < 4.78 is 0. The molecule has 2 aromatic carbocycles. The SMILES string of the molecule is N=C1SC(CC(=O)Nc2ccc(Cl)cc2Cl)C(=O)N1c1ccccc1. The summed E-state index contributed by atoms with van der Waals surface area (Å²) in [6.45, 7) is 0. The van der Waals surface area contributed by atoms with Gasteiger partial charge in [-0.05, 0) is 30.3 Å². The van der Waals surface area contributed by atoms with Gasteiger partial charge < -0.3 is 5.32 Å². The Kier molecular flexibility index (Phi) is 5.32. The van der Waals surface area contributed by atoms with E-state index in [4.69, 9.17) is 28.6 Å². The van der Waals surface area contributed by atoms with Crippen molar-refractivity contribution in [2.75, 3.05) is 10.2 Å². The van der Waals surface area contributed by atoms with Crippen LogP contribution in [0, 0.1) is 5.41 Å². The number of carbonyl (C=O) groups excluding carboxylic acids is 2. The average Bonchev–Trinajstić information content (AvgIpc) is 2.85. The minimum absolute atomic E-state index is 0.0475. The molecule has 1 fully saturated rings. The van der Waals surface area contributed by atoms with Crippen molar-refractivity contribution in [3.8, 4) is 0 Å². The Bertz CT molecular complexity index is 845. The van der Waals surface area contributed by atoms with E-state index in [2.05, 4.69) is 5.32 Å². The van der Waals surface area contributed by atoms with Gasteiger partial charge in [0.05, 0.1) is 16.4 Å². The number of para-hydroxylation sites is 1. The van der Waals surface area contributed by atoms with E-state index in [1.165, 1.54) is 11.0 Å². The molecule has 3 rings (SSSR count). The van der Waals surface area contributed by atoms with Crippen LogP contribution in [0.25, 0.3) is 0 Å². The predicted octanol–water partition coefficient (Wildman–Crippen LogP) is 4.41. The number of halogens is 2. The standard InChI is InChI=1S/C17H13Cl2N3O2S/c18-10-6-7-13(12(19)8-10)21-15(23)9-14-16(24)22(17(20)25-14)11-4-2-1-3-5-11/h1-8,14,20H,9H2,(H,21,23). The van der Waals surface area contributed by atoms with Crippen molar-refractivity contribution < 1.29 is 9.59 Å². The highest BCUT2D eigenvalue weighted by Crippen LogP contribution is 2.33. The average molecular weight is 394 g/mol. The number of amidine groups is 1. The molecular formula is C17H13Cl2N3O2S. The summed E-state index contributed by atoms with van der Waals surface area (Å²) in [4.78, 5) is 26.1. The van der Waals surface area contributed by atoms with Gasteiger partial charge in [-0.2, -0.15) is 0 Å². The number of benzene rings is 2. The second-order valence-corrected chi connectivity index (χ2v) is 7.33. The molecule has 1 atom stereocenters. The molecule has 1 aliphatic rings. The van der Waals surface area contributed by atoms with Crippen LogP contribution < -0.4 is 10.2 Å². The topological polar surface area (TPSA) is 73.3 Å². The molecule has 0 saturated carbocycles. The minimum atomic E-state index is -0.640. The van der Waals surface area contributed by atoms with Crippen LogP contribution >= 0.6 is 35.0 Å². The first-order valence-electron chi connectivity index (χ1n) is 7.35. The summed E-state index contributed by atoms with van der Waals surface area (Å²) in [5.74, 6) is -0.628. The molecular weight excluding hydrogens is 381 g/mol. The quantitative estimate of drug-likeness (QED) is 0.807. The number of thioether (sulfide) groups is 1. The van der Waals surface area contributed by atoms with Crippen LogP contribution in [0.2, 0.25) is 10.0 Å². The number of amides is 2. The number of carbonyl (C=O) groups is 2. The van der Waals surface area contributed by atoms with Gasteiger partial charge in [0.15, 0.2) is 5.17 Å². The van der Waals surface area contributed by atoms with Gasteiger partial charge in [0, 0.05) is 11.4 Å². The third-order valence-electron chi connectivity index (χ3n) is 3.54.